The van der Waals surface area contributed by atoms with Crippen molar-refractivity contribution in [1.29, 1.82) is 0 Å². The molecule has 1 heterocycles. The van der Waals surface area contributed by atoms with Gasteiger partial charge in [-0.2, -0.15) is 8.42 Å². The average Bonchev–Trinajstić information content (AvgIpc) is 2.48. The van der Waals surface area contributed by atoms with Gasteiger partial charge < -0.3 is 9.50 Å². The highest BCUT2D eigenvalue weighted by Crippen LogP contribution is 2.41. The molecule has 2 aromatic rings. The van der Waals surface area contributed by atoms with Gasteiger partial charge in [-0.25, -0.2) is 0 Å². The zero-order chi connectivity index (χ0) is 18.4. The smallest absolute Gasteiger partial charge is 0.339 e. The SMILES string of the molecule is CC1=CC(C)(C)Nc2c(Br)cc(OS(=O)(=O)c3ccc(C)cc3)cc21. The Morgan fingerprint density at radius 1 is 1.08 bits per heavy atom. The summed E-state index contributed by atoms with van der Waals surface area (Å²) in [7, 11) is -3.87. The van der Waals surface area contributed by atoms with Crippen LogP contribution in [0.3, 0.4) is 0 Å². The third-order valence-corrected chi connectivity index (χ3v) is 5.92. The van der Waals surface area contributed by atoms with Crippen LogP contribution in [-0.4, -0.2) is 14.0 Å². The molecule has 4 nitrogen and oxygen atoms in total. The van der Waals surface area contributed by atoms with E-state index >= 15 is 0 Å². The molecule has 2 aromatic carbocycles. The van der Waals surface area contributed by atoms with Gasteiger partial charge in [-0.1, -0.05) is 23.8 Å². The van der Waals surface area contributed by atoms with E-state index in [0.29, 0.717) is 0 Å². The Morgan fingerprint density at radius 3 is 2.36 bits per heavy atom. The molecule has 1 aliphatic heterocycles. The molecule has 0 radical (unpaired) electrons. The van der Waals surface area contributed by atoms with E-state index in [-0.39, 0.29) is 16.2 Å². The molecule has 25 heavy (non-hydrogen) atoms. The molecule has 6 heteroatoms. The fraction of sp³-hybridized carbons (Fsp3) is 0.263. The lowest BCUT2D eigenvalue weighted by molar-refractivity contribution is 0.485. The summed E-state index contributed by atoms with van der Waals surface area (Å²) in [5.41, 5.74) is 3.74. The highest BCUT2D eigenvalue weighted by Gasteiger charge is 2.26. The molecule has 0 atom stereocenters. The minimum absolute atomic E-state index is 0.137. The predicted molar refractivity (Wildman–Crippen MR) is 104 cm³/mol. The van der Waals surface area contributed by atoms with Crippen LogP contribution >= 0.6 is 15.9 Å². The molecule has 3 rings (SSSR count). The minimum atomic E-state index is -3.87. The first-order valence-electron chi connectivity index (χ1n) is 7.90. The van der Waals surface area contributed by atoms with Gasteiger partial charge in [0.05, 0.1) is 11.2 Å². The van der Waals surface area contributed by atoms with E-state index in [1.165, 1.54) is 0 Å². The zero-order valence-electron chi connectivity index (χ0n) is 14.6. The summed E-state index contributed by atoms with van der Waals surface area (Å²) < 4.78 is 31.1. The van der Waals surface area contributed by atoms with Crippen LogP contribution in [0, 0.1) is 6.92 Å². The lowest BCUT2D eigenvalue weighted by Crippen LogP contribution is -2.31. The van der Waals surface area contributed by atoms with Crippen molar-refractivity contribution in [1.82, 2.24) is 0 Å². The highest BCUT2D eigenvalue weighted by atomic mass is 79.9. The van der Waals surface area contributed by atoms with Crippen LogP contribution in [0.2, 0.25) is 0 Å². The maximum absolute atomic E-state index is 12.5. The van der Waals surface area contributed by atoms with Crippen molar-refractivity contribution in [3.63, 3.8) is 0 Å². The van der Waals surface area contributed by atoms with Gasteiger partial charge in [0.25, 0.3) is 0 Å². The Morgan fingerprint density at radius 2 is 1.72 bits per heavy atom. The van der Waals surface area contributed by atoms with Crippen molar-refractivity contribution < 1.29 is 12.6 Å². The second-order valence-electron chi connectivity index (χ2n) is 6.85. The number of halogens is 1. The van der Waals surface area contributed by atoms with Gasteiger partial charge >= 0.3 is 10.1 Å². The van der Waals surface area contributed by atoms with E-state index in [1.54, 1.807) is 36.4 Å². The molecule has 0 unspecified atom stereocenters. The molecule has 132 valence electrons. The summed E-state index contributed by atoms with van der Waals surface area (Å²) >= 11 is 3.52. The number of benzene rings is 2. The second-order valence-corrected chi connectivity index (χ2v) is 9.25. The maximum Gasteiger partial charge on any atom is 0.339 e. The Hall–Kier alpha value is -1.79. The molecule has 0 saturated heterocycles. The summed E-state index contributed by atoms with van der Waals surface area (Å²) in [5.74, 6) is 0.278. The Kier molecular flexibility index (Phi) is 4.45. The van der Waals surface area contributed by atoms with Gasteiger partial charge in [0.15, 0.2) is 0 Å². The van der Waals surface area contributed by atoms with E-state index in [1.807, 2.05) is 13.8 Å². The van der Waals surface area contributed by atoms with E-state index in [9.17, 15) is 8.42 Å². The first-order valence-corrected chi connectivity index (χ1v) is 10.1. The number of allylic oxidation sites excluding steroid dienone is 1. The maximum atomic E-state index is 12.5. The van der Waals surface area contributed by atoms with Crippen LogP contribution in [-0.2, 0) is 10.1 Å². The van der Waals surface area contributed by atoms with E-state index in [0.717, 1.165) is 26.9 Å². The summed E-state index contributed by atoms with van der Waals surface area (Å²) in [4.78, 5) is 0.137. The van der Waals surface area contributed by atoms with Crippen LogP contribution in [0.1, 0.15) is 31.9 Å². The van der Waals surface area contributed by atoms with Crippen LogP contribution in [0.5, 0.6) is 5.75 Å². The number of nitrogens with one attached hydrogen (secondary N) is 1. The molecular formula is C19H20BrNO3S. The third kappa shape index (κ3) is 3.75. The number of aryl methyl sites for hydroxylation is 1. The molecule has 0 amide bonds. The Labute approximate surface area is 157 Å². The number of rotatable bonds is 3. The van der Waals surface area contributed by atoms with Crippen molar-refractivity contribution in [2.75, 3.05) is 5.32 Å². The van der Waals surface area contributed by atoms with Crippen LogP contribution in [0.15, 0.2) is 51.8 Å². The van der Waals surface area contributed by atoms with Gasteiger partial charge in [-0.05, 0) is 73.5 Å². The van der Waals surface area contributed by atoms with Crippen LogP contribution in [0.4, 0.5) is 5.69 Å². The molecule has 1 aliphatic rings. The summed E-state index contributed by atoms with van der Waals surface area (Å²) in [6.45, 7) is 8.07. The lowest BCUT2D eigenvalue weighted by Gasteiger charge is -2.32. The number of fused-ring (bicyclic) bond motifs is 1. The van der Waals surface area contributed by atoms with E-state index in [4.69, 9.17) is 4.18 Å². The molecule has 0 saturated carbocycles. The fourth-order valence-electron chi connectivity index (χ4n) is 2.92. The van der Waals surface area contributed by atoms with Crippen molar-refractivity contribution in [2.45, 2.75) is 38.1 Å². The standard InChI is InChI=1S/C19H20BrNO3S/c1-12-5-7-15(8-6-12)25(22,23)24-14-9-16-13(2)11-19(3,4)21-18(16)17(20)10-14/h5-11,21H,1-4H3. The fourth-order valence-corrected chi connectivity index (χ4v) is 4.38. The molecule has 0 fully saturated rings. The number of hydrogen-bond donors (Lipinski definition) is 1. The van der Waals surface area contributed by atoms with Gasteiger partial charge in [0.2, 0.25) is 0 Å². The van der Waals surface area contributed by atoms with Gasteiger partial charge in [0.1, 0.15) is 10.6 Å². The predicted octanol–water partition coefficient (Wildman–Crippen LogP) is 5.13. The lowest BCUT2D eigenvalue weighted by atomic mass is 9.91. The highest BCUT2D eigenvalue weighted by molar-refractivity contribution is 9.10. The van der Waals surface area contributed by atoms with Crippen molar-refractivity contribution in [2.24, 2.45) is 0 Å². The molecule has 0 aromatic heterocycles. The topological polar surface area (TPSA) is 55.4 Å². The first-order chi connectivity index (χ1) is 11.6. The summed E-state index contributed by atoms with van der Waals surface area (Å²) in [6.07, 6.45) is 2.11. The van der Waals surface area contributed by atoms with E-state index in [2.05, 4.69) is 41.2 Å². The van der Waals surface area contributed by atoms with Crippen molar-refractivity contribution >= 4 is 37.3 Å². The number of hydrogen-bond acceptors (Lipinski definition) is 4. The Balaban J connectivity index is 1.99. The normalized spacial score (nSPS) is 15.8. The first kappa shape index (κ1) is 18.0. The van der Waals surface area contributed by atoms with Gasteiger partial charge in [0, 0.05) is 10.0 Å². The zero-order valence-corrected chi connectivity index (χ0v) is 17.0. The second kappa shape index (κ2) is 6.18. The molecule has 1 N–H and O–H groups in total. The molecule has 0 aliphatic carbocycles. The van der Waals surface area contributed by atoms with Gasteiger partial charge in [-0.3, -0.25) is 0 Å². The molecular weight excluding hydrogens is 402 g/mol. The van der Waals surface area contributed by atoms with Crippen LogP contribution < -0.4 is 9.50 Å². The third-order valence-electron chi connectivity index (χ3n) is 4.03. The average molecular weight is 422 g/mol. The molecule has 0 bridgehead atoms. The van der Waals surface area contributed by atoms with Crippen LogP contribution in [0.25, 0.3) is 5.57 Å². The number of anilines is 1. The largest absolute Gasteiger partial charge is 0.379 e. The van der Waals surface area contributed by atoms with Crippen molar-refractivity contribution in [3.8, 4) is 5.75 Å². The molecule has 0 spiro atoms. The summed E-state index contributed by atoms with van der Waals surface area (Å²) in [5, 5.41) is 3.43. The van der Waals surface area contributed by atoms with Crippen molar-refractivity contribution in [3.05, 3.63) is 58.1 Å². The van der Waals surface area contributed by atoms with E-state index < -0.39 is 10.1 Å². The Bertz CT molecular complexity index is 961. The monoisotopic (exact) mass is 421 g/mol. The summed E-state index contributed by atoms with van der Waals surface area (Å²) in [6, 6.07) is 10.0. The van der Waals surface area contributed by atoms with Gasteiger partial charge in [-0.15, -0.1) is 0 Å². The minimum Gasteiger partial charge on any atom is -0.379 e. The quantitative estimate of drug-likeness (QED) is 0.697.